The summed E-state index contributed by atoms with van der Waals surface area (Å²) in [5, 5.41) is 2.98. The van der Waals surface area contributed by atoms with Gasteiger partial charge < -0.3 is 5.32 Å². The summed E-state index contributed by atoms with van der Waals surface area (Å²) in [4.78, 5) is 11.7. The average Bonchev–Trinajstić information content (AvgIpc) is 2.18. The summed E-state index contributed by atoms with van der Waals surface area (Å²) >= 11 is 0. The first-order valence-corrected chi connectivity index (χ1v) is 5.51. The summed E-state index contributed by atoms with van der Waals surface area (Å²) in [6, 6.07) is 7.90. The van der Waals surface area contributed by atoms with E-state index in [0.29, 0.717) is 0 Å². The molecule has 0 fully saturated rings. The monoisotopic (exact) mass is 205 g/mol. The van der Waals surface area contributed by atoms with Crippen LogP contribution in [0.1, 0.15) is 42.6 Å². The highest BCUT2D eigenvalue weighted by molar-refractivity contribution is 5.94. The molecule has 0 unspecified atom stereocenters. The molecule has 1 N–H and O–H groups in total. The Morgan fingerprint density at radius 1 is 1.33 bits per heavy atom. The van der Waals surface area contributed by atoms with Gasteiger partial charge in [-0.05, 0) is 32.4 Å². The highest BCUT2D eigenvalue weighted by Gasteiger charge is 2.08. The molecule has 0 aliphatic heterocycles. The van der Waals surface area contributed by atoms with Gasteiger partial charge in [-0.15, -0.1) is 0 Å². The maximum absolute atomic E-state index is 11.7. The van der Waals surface area contributed by atoms with Crippen molar-refractivity contribution in [2.45, 2.75) is 39.7 Å². The summed E-state index contributed by atoms with van der Waals surface area (Å²) in [6.07, 6.45) is 2.12. The Bertz CT molecular complexity index is 316. The van der Waals surface area contributed by atoms with Crippen molar-refractivity contribution in [3.8, 4) is 0 Å². The second-order valence-electron chi connectivity index (χ2n) is 4.03. The van der Waals surface area contributed by atoms with Crippen LogP contribution in [0, 0.1) is 6.92 Å². The molecule has 0 aliphatic rings. The molecule has 15 heavy (non-hydrogen) atoms. The highest BCUT2D eigenvalue weighted by Crippen LogP contribution is 2.04. The Morgan fingerprint density at radius 2 is 1.93 bits per heavy atom. The summed E-state index contributed by atoms with van der Waals surface area (Å²) in [7, 11) is 0. The van der Waals surface area contributed by atoms with Crippen molar-refractivity contribution < 1.29 is 4.79 Å². The zero-order valence-electron chi connectivity index (χ0n) is 9.71. The molecule has 0 spiro atoms. The number of amides is 1. The van der Waals surface area contributed by atoms with Crippen LogP contribution in [0.2, 0.25) is 0 Å². The standard InChI is InChI=1S/C13H19NO/c1-4-5-11(3)14-13(15)12-8-6-10(2)7-9-12/h6-9,11H,4-5H2,1-3H3,(H,14,15)/t11-/m1/s1. The topological polar surface area (TPSA) is 29.1 Å². The predicted molar refractivity (Wildman–Crippen MR) is 63.0 cm³/mol. The number of hydrogen-bond acceptors (Lipinski definition) is 1. The van der Waals surface area contributed by atoms with E-state index >= 15 is 0 Å². The van der Waals surface area contributed by atoms with E-state index in [1.165, 1.54) is 5.56 Å². The van der Waals surface area contributed by atoms with Crippen molar-refractivity contribution in [2.24, 2.45) is 0 Å². The number of carbonyl (C=O) groups excluding carboxylic acids is 1. The summed E-state index contributed by atoms with van der Waals surface area (Å²) in [6.45, 7) is 6.17. The van der Waals surface area contributed by atoms with Crippen LogP contribution in [-0.2, 0) is 0 Å². The summed E-state index contributed by atoms with van der Waals surface area (Å²) in [5.41, 5.74) is 1.91. The van der Waals surface area contributed by atoms with Gasteiger partial charge in [-0.1, -0.05) is 31.0 Å². The molecule has 0 radical (unpaired) electrons. The Balaban J connectivity index is 2.57. The van der Waals surface area contributed by atoms with Gasteiger partial charge in [-0.2, -0.15) is 0 Å². The number of benzene rings is 1. The Hall–Kier alpha value is -1.31. The number of aryl methyl sites for hydroxylation is 1. The van der Waals surface area contributed by atoms with Gasteiger partial charge in [-0.3, -0.25) is 4.79 Å². The first-order valence-electron chi connectivity index (χ1n) is 5.51. The number of nitrogens with one attached hydrogen (secondary N) is 1. The highest BCUT2D eigenvalue weighted by atomic mass is 16.1. The van der Waals surface area contributed by atoms with Crippen molar-refractivity contribution in [3.05, 3.63) is 35.4 Å². The van der Waals surface area contributed by atoms with Gasteiger partial charge in [-0.25, -0.2) is 0 Å². The third-order valence-corrected chi connectivity index (χ3v) is 2.41. The van der Waals surface area contributed by atoms with E-state index in [1.54, 1.807) is 0 Å². The molecule has 1 amide bonds. The Labute approximate surface area is 91.7 Å². The van der Waals surface area contributed by atoms with E-state index in [-0.39, 0.29) is 11.9 Å². The lowest BCUT2D eigenvalue weighted by Crippen LogP contribution is -2.32. The maximum Gasteiger partial charge on any atom is 0.251 e. The molecule has 0 saturated heterocycles. The van der Waals surface area contributed by atoms with E-state index in [0.717, 1.165) is 18.4 Å². The van der Waals surface area contributed by atoms with Crippen LogP contribution in [0.3, 0.4) is 0 Å². The van der Waals surface area contributed by atoms with Gasteiger partial charge in [0.25, 0.3) is 5.91 Å². The normalized spacial score (nSPS) is 12.2. The van der Waals surface area contributed by atoms with Crippen molar-refractivity contribution in [2.75, 3.05) is 0 Å². The van der Waals surface area contributed by atoms with E-state index in [9.17, 15) is 4.79 Å². The van der Waals surface area contributed by atoms with Gasteiger partial charge in [0.2, 0.25) is 0 Å². The van der Waals surface area contributed by atoms with E-state index in [2.05, 4.69) is 12.2 Å². The molecule has 0 bridgehead atoms. The van der Waals surface area contributed by atoms with Crippen LogP contribution in [0.5, 0.6) is 0 Å². The summed E-state index contributed by atoms with van der Waals surface area (Å²) < 4.78 is 0. The fourth-order valence-corrected chi connectivity index (χ4v) is 1.52. The summed E-state index contributed by atoms with van der Waals surface area (Å²) in [5.74, 6) is 0.0240. The molecule has 0 aromatic heterocycles. The third-order valence-electron chi connectivity index (χ3n) is 2.41. The molecule has 2 nitrogen and oxygen atoms in total. The molecule has 2 heteroatoms. The number of hydrogen-bond donors (Lipinski definition) is 1. The third kappa shape index (κ3) is 3.74. The van der Waals surface area contributed by atoms with Crippen molar-refractivity contribution in [1.29, 1.82) is 0 Å². The quantitative estimate of drug-likeness (QED) is 0.804. The lowest BCUT2D eigenvalue weighted by molar-refractivity contribution is 0.0938. The van der Waals surface area contributed by atoms with Gasteiger partial charge in [0.15, 0.2) is 0 Å². The Kier molecular flexibility index (Phi) is 4.35. The SMILES string of the molecule is CCC[C@@H](C)NC(=O)c1ccc(C)cc1. The van der Waals surface area contributed by atoms with Crippen LogP contribution >= 0.6 is 0 Å². The van der Waals surface area contributed by atoms with Crippen molar-refractivity contribution in [3.63, 3.8) is 0 Å². The first kappa shape index (κ1) is 11.8. The van der Waals surface area contributed by atoms with E-state index in [4.69, 9.17) is 0 Å². The second-order valence-corrected chi connectivity index (χ2v) is 4.03. The lowest BCUT2D eigenvalue weighted by Gasteiger charge is -2.12. The van der Waals surface area contributed by atoms with E-state index in [1.807, 2.05) is 38.1 Å². The first-order chi connectivity index (χ1) is 7.13. The molecule has 1 atom stereocenters. The lowest BCUT2D eigenvalue weighted by atomic mass is 10.1. The average molecular weight is 205 g/mol. The van der Waals surface area contributed by atoms with Crippen LogP contribution in [-0.4, -0.2) is 11.9 Å². The Morgan fingerprint density at radius 3 is 2.47 bits per heavy atom. The molecular formula is C13H19NO. The molecule has 82 valence electrons. The minimum atomic E-state index is 0.0240. The minimum absolute atomic E-state index is 0.0240. The number of carbonyl (C=O) groups is 1. The molecular weight excluding hydrogens is 186 g/mol. The van der Waals surface area contributed by atoms with Crippen LogP contribution in [0.15, 0.2) is 24.3 Å². The van der Waals surface area contributed by atoms with E-state index < -0.39 is 0 Å². The van der Waals surface area contributed by atoms with Gasteiger partial charge in [0, 0.05) is 11.6 Å². The van der Waals surface area contributed by atoms with Crippen LogP contribution in [0.4, 0.5) is 0 Å². The molecule has 0 saturated carbocycles. The van der Waals surface area contributed by atoms with Gasteiger partial charge in [0.05, 0.1) is 0 Å². The zero-order valence-corrected chi connectivity index (χ0v) is 9.71. The smallest absolute Gasteiger partial charge is 0.251 e. The fraction of sp³-hybridized carbons (Fsp3) is 0.462. The van der Waals surface area contributed by atoms with Gasteiger partial charge >= 0.3 is 0 Å². The van der Waals surface area contributed by atoms with Crippen molar-refractivity contribution >= 4 is 5.91 Å². The number of rotatable bonds is 4. The fourth-order valence-electron chi connectivity index (χ4n) is 1.52. The maximum atomic E-state index is 11.7. The van der Waals surface area contributed by atoms with Crippen LogP contribution in [0.25, 0.3) is 0 Å². The van der Waals surface area contributed by atoms with Crippen molar-refractivity contribution in [1.82, 2.24) is 5.32 Å². The molecule has 0 heterocycles. The van der Waals surface area contributed by atoms with Crippen LogP contribution < -0.4 is 5.32 Å². The molecule has 0 aliphatic carbocycles. The molecule has 1 rings (SSSR count). The zero-order chi connectivity index (χ0) is 11.3. The minimum Gasteiger partial charge on any atom is -0.350 e. The predicted octanol–water partition coefficient (Wildman–Crippen LogP) is 2.91. The molecule has 1 aromatic carbocycles. The largest absolute Gasteiger partial charge is 0.350 e. The molecule has 1 aromatic rings. The second kappa shape index (κ2) is 5.54. The van der Waals surface area contributed by atoms with Gasteiger partial charge in [0.1, 0.15) is 0 Å².